The molecule has 4 nitrogen and oxygen atoms in total. The molecule has 4 rings (SSSR count). The monoisotopic (exact) mass is 354 g/mol. The third-order valence-corrected chi connectivity index (χ3v) is 6.58. The molecular formula is C22H30N2O2. The maximum atomic E-state index is 13.2. The highest BCUT2D eigenvalue weighted by Crippen LogP contribution is 2.40. The molecule has 1 aromatic rings. The summed E-state index contributed by atoms with van der Waals surface area (Å²) < 4.78 is 0. The lowest BCUT2D eigenvalue weighted by Crippen LogP contribution is -2.48. The van der Waals surface area contributed by atoms with Gasteiger partial charge in [-0.05, 0) is 56.1 Å². The number of hydrogen-bond donors (Lipinski definition) is 1. The molecule has 2 fully saturated rings. The first-order valence-corrected chi connectivity index (χ1v) is 10.4. The van der Waals surface area contributed by atoms with Gasteiger partial charge in [-0.15, -0.1) is 0 Å². The quantitative estimate of drug-likeness (QED) is 0.884. The van der Waals surface area contributed by atoms with Crippen molar-refractivity contribution in [1.82, 2.24) is 10.2 Å². The fourth-order valence-corrected chi connectivity index (χ4v) is 5.03. The Morgan fingerprint density at radius 2 is 1.69 bits per heavy atom. The Balaban J connectivity index is 1.59. The molecule has 1 aromatic carbocycles. The zero-order valence-electron chi connectivity index (χ0n) is 15.7. The van der Waals surface area contributed by atoms with Gasteiger partial charge in [0.1, 0.15) is 6.04 Å². The van der Waals surface area contributed by atoms with E-state index in [4.69, 9.17) is 0 Å². The molecular weight excluding hydrogens is 324 g/mol. The Hall–Kier alpha value is -1.84. The van der Waals surface area contributed by atoms with Gasteiger partial charge in [0.15, 0.2) is 0 Å². The maximum Gasteiger partial charge on any atom is 0.255 e. The molecule has 2 amide bonds. The van der Waals surface area contributed by atoms with E-state index in [0.717, 1.165) is 55.6 Å². The van der Waals surface area contributed by atoms with Crippen LogP contribution >= 0.6 is 0 Å². The van der Waals surface area contributed by atoms with Gasteiger partial charge in [-0.3, -0.25) is 9.59 Å². The maximum absolute atomic E-state index is 13.2. The molecule has 4 heteroatoms. The first kappa shape index (κ1) is 17.6. The van der Waals surface area contributed by atoms with Crippen LogP contribution in [-0.4, -0.2) is 28.8 Å². The molecule has 0 spiro atoms. The molecule has 3 aliphatic rings. The average molecular weight is 354 g/mol. The number of nitrogens with zero attached hydrogens (tertiary/aromatic N) is 1. The second-order valence-corrected chi connectivity index (χ2v) is 8.46. The second-order valence-electron chi connectivity index (χ2n) is 8.46. The van der Waals surface area contributed by atoms with Crippen molar-refractivity contribution in [2.75, 3.05) is 0 Å². The molecule has 0 radical (unpaired) electrons. The fraction of sp³-hybridized carbons (Fsp3) is 0.636. The van der Waals surface area contributed by atoms with Gasteiger partial charge in [0.2, 0.25) is 5.91 Å². The summed E-state index contributed by atoms with van der Waals surface area (Å²) in [4.78, 5) is 28.3. The van der Waals surface area contributed by atoms with Crippen LogP contribution in [0, 0.1) is 5.92 Å². The second kappa shape index (κ2) is 7.42. The van der Waals surface area contributed by atoms with Gasteiger partial charge in [-0.1, -0.05) is 44.4 Å². The Morgan fingerprint density at radius 1 is 1.00 bits per heavy atom. The fourth-order valence-electron chi connectivity index (χ4n) is 5.03. The summed E-state index contributed by atoms with van der Waals surface area (Å²) in [6.07, 6.45) is 10.1. The van der Waals surface area contributed by atoms with E-state index in [2.05, 4.69) is 12.2 Å². The summed E-state index contributed by atoms with van der Waals surface area (Å²) in [5, 5.41) is 3.27. The van der Waals surface area contributed by atoms with Crippen LogP contribution in [0.25, 0.3) is 0 Å². The van der Waals surface area contributed by atoms with E-state index in [1.54, 1.807) is 0 Å². The smallest absolute Gasteiger partial charge is 0.255 e. The van der Waals surface area contributed by atoms with Crippen molar-refractivity contribution in [3.05, 3.63) is 35.4 Å². The Bertz CT molecular complexity index is 672. The van der Waals surface area contributed by atoms with Gasteiger partial charge in [-0.2, -0.15) is 0 Å². The number of fused-ring (bicyclic) bond motifs is 1. The standard InChI is InChI=1S/C22H30N2O2/c1-15-11-13-17(14-12-15)24-20(18-9-5-6-10-19(18)22(24)26)21(25)23-16-7-3-2-4-8-16/h5-6,9-10,15-17,20H,2-4,7-8,11-14H2,1H3,(H,23,25)/t15?,17?,20-/m0/s1. The van der Waals surface area contributed by atoms with Crippen LogP contribution in [0.5, 0.6) is 0 Å². The zero-order chi connectivity index (χ0) is 18.1. The Kier molecular flexibility index (Phi) is 5.01. The molecule has 2 saturated carbocycles. The molecule has 1 N–H and O–H groups in total. The summed E-state index contributed by atoms with van der Waals surface area (Å²) in [6.45, 7) is 2.28. The first-order chi connectivity index (χ1) is 12.6. The molecule has 140 valence electrons. The third kappa shape index (κ3) is 3.26. The van der Waals surface area contributed by atoms with Gasteiger partial charge < -0.3 is 10.2 Å². The van der Waals surface area contributed by atoms with Gasteiger partial charge in [0.25, 0.3) is 5.91 Å². The molecule has 1 atom stereocenters. The number of carbonyl (C=O) groups is 2. The van der Waals surface area contributed by atoms with E-state index in [-0.39, 0.29) is 23.9 Å². The van der Waals surface area contributed by atoms with Crippen LogP contribution in [0.2, 0.25) is 0 Å². The van der Waals surface area contributed by atoms with E-state index in [0.29, 0.717) is 0 Å². The molecule has 1 heterocycles. The number of hydrogen-bond acceptors (Lipinski definition) is 2. The summed E-state index contributed by atoms with van der Waals surface area (Å²) >= 11 is 0. The number of carbonyl (C=O) groups excluding carboxylic acids is 2. The number of amides is 2. The first-order valence-electron chi connectivity index (χ1n) is 10.4. The van der Waals surface area contributed by atoms with Gasteiger partial charge in [0, 0.05) is 17.6 Å². The molecule has 0 aromatic heterocycles. The number of rotatable bonds is 3. The van der Waals surface area contributed by atoms with E-state index < -0.39 is 6.04 Å². The average Bonchev–Trinajstić information content (AvgIpc) is 2.96. The lowest BCUT2D eigenvalue weighted by Gasteiger charge is -2.37. The van der Waals surface area contributed by atoms with Crippen molar-refractivity contribution in [2.24, 2.45) is 5.92 Å². The summed E-state index contributed by atoms with van der Waals surface area (Å²) in [6, 6.07) is 7.70. The van der Waals surface area contributed by atoms with Crippen LogP contribution < -0.4 is 5.32 Å². The third-order valence-electron chi connectivity index (χ3n) is 6.58. The minimum atomic E-state index is -0.445. The minimum absolute atomic E-state index is 0.0221. The molecule has 1 aliphatic heterocycles. The molecule has 2 aliphatic carbocycles. The van der Waals surface area contributed by atoms with Crippen molar-refractivity contribution >= 4 is 11.8 Å². The summed E-state index contributed by atoms with van der Waals surface area (Å²) in [7, 11) is 0. The largest absolute Gasteiger partial charge is 0.351 e. The lowest BCUT2D eigenvalue weighted by atomic mass is 9.86. The van der Waals surface area contributed by atoms with Crippen LogP contribution in [0.1, 0.15) is 86.7 Å². The van der Waals surface area contributed by atoms with Gasteiger partial charge in [0.05, 0.1) is 0 Å². The van der Waals surface area contributed by atoms with Gasteiger partial charge >= 0.3 is 0 Å². The van der Waals surface area contributed by atoms with E-state index >= 15 is 0 Å². The highest BCUT2D eigenvalue weighted by molar-refractivity contribution is 6.04. The highest BCUT2D eigenvalue weighted by Gasteiger charge is 2.45. The highest BCUT2D eigenvalue weighted by atomic mass is 16.2. The molecule has 0 saturated heterocycles. The number of nitrogens with one attached hydrogen (secondary N) is 1. The number of benzene rings is 1. The predicted octanol–water partition coefficient (Wildman–Crippen LogP) is 4.21. The van der Waals surface area contributed by atoms with E-state index in [1.807, 2.05) is 29.2 Å². The van der Waals surface area contributed by atoms with Crippen LogP contribution in [0.15, 0.2) is 24.3 Å². The van der Waals surface area contributed by atoms with Crippen molar-refractivity contribution in [1.29, 1.82) is 0 Å². The van der Waals surface area contributed by atoms with Crippen LogP contribution in [0.4, 0.5) is 0 Å². The summed E-state index contributed by atoms with van der Waals surface area (Å²) in [5.74, 6) is 0.790. The summed E-state index contributed by atoms with van der Waals surface area (Å²) in [5.41, 5.74) is 1.61. The Labute approximate surface area is 156 Å². The topological polar surface area (TPSA) is 49.4 Å². The lowest BCUT2D eigenvalue weighted by molar-refractivity contribution is -0.127. The predicted molar refractivity (Wildman–Crippen MR) is 102 cm³/mol. The van der Waals surface area contributed by atoms with Crippen molar-refractivity contribution < 1.29 is 9.59 Å². The normalized spacial score (nSPS) is 29.5. The minimum Gasteiger partial charge on any atom is -0.351 e. The van der Waals surface area contributed by atoms with Crippen LogP contribution in [-0.2, 0) is 4.79 Å². The molecule has 26 heavy (non-hydrogen) atoms. The SMILES string of the molecule is CC1CCC(N2C(=O)c3ccccc3[C@H]2C(=O)NC2CCCCC2)CC1. The Morgan fingerprint density at radius 3 is 2.42 bits per heavy atom. The van der Waals surface area contributed by atoms with Gasteiger partial charge in [-0.25, -0.2) is 0 Å². The zero-order valence-corrected chi connectivity index (χ0v) is 15.7. The van der Waals surface area contributed by atoms with Crippen molar-refractivity contribution in [3.63, 3.8) is 0 Å². The van der Waals surface area contributed by atoms with Crippen molar-refractivity contribution in [3.8, 4) is 0 Å². The van der Waals surface area contributed by atoms with Crippen molar-refractivity contribution in [2.45, 2.75) is 82.8 Å². The van der Waals surface area contributed by atoms with Crippen LogP contribution in [0.3, 0.4) is 0 Å². The van der Waals surface area contributed by atoms with E-state index in [1.165, 1.54) is 19.3 Å². The molecule has 0 unspecified atom stereocenters. The molecule has 0 bridgehead atoms. The van der Waals surface area contributed by atoms with E-state index in [9.17, 15) is 9.59 Å².